The van der Waals surface area contributed by atoms with Crippen LogP contribution in [-0.2, 0) is 4.79 Å². The highest BCUT2D eigenvalue weighted by Crippen LogP contribution is 2.21. The second kappa shape index (κ2) is 5.27. The topological polar surface area (TPSA) is 78.6 Å². The van der Waals surface area contributed by atoms with E-state index in [1.54, 1.807) is 4.90 Å². The molecule has 2 rings (SSSR count). The highest BCUT2D eigenvalue weighted by atomic mass is 16.3. The summed E-state index contributed by atoms with van der Waals surface area (Å²) in [5.74, 6) is 0.0515. The second-order valence-electron chi connectivity index (χ2n) is 4.07. The molecule has 0 bridgehead atoms. The van der Waals surface area contributed by atoms with Crippen LogP contribution in [0, 0.1) is 0 Å². The van der Waals surface area contributed by atoms with Gasteiger partial charge in [-0.15, -0.1) is 0 Å². The molecular weight excluding hydrogens is 218 g/mol. The molecule has 5 nitrogen and oxygen atoms in total. The molecule has 1 aromatic rings. The maximum Gasteiger partial charge on any atom is 0.240 e. The molecule has 92 valence electrons. The molecule has 17 heavy (non-hydrogen) atoms. The first-order valence-corrected chi connectivity index (χ1v) is 5.71. The number of rotatable bonds is 3. The van der Waals surface area contributed by atoms with E-state index in [1.807, 2.05) is 24.3 Å². The monoisotopic (exact) mass is 235 g/mol. The molecule has 0 aliphatic carbocycles. The van der Waals surface area contributed by atoms with Gasteiger partial charge in [-0.25, -0.2) is 0 Å². The smallest absolute Gasteiger partial charge is 0.240 e. The second-order valence-corrected chi connectivity index (χ2v) is 4.07. The van der Waals surface area contributed by atoms with Crippen molar-refractivity contribution in [3.63, 3.8) is 0 Å². The Morgan fingerprint density at radius 2 is 2.35 bits per heavy atom. The third kappa shape index (κ3) is 2.63. The molecule has 0 radical (unpaired) electrons. The Balaban J connectivity index is 2.23. The van der Waals surface area contributed by atoms with Crippen LogP contribution in [-0.4, -0.2) is 37.2 Å². The van der Waals surface area contributed by atoms with Gasteiger partial charge in [-0.1, -0.05) is 12.1 Å². The Kier molecular flexibility index (Phi) is 3.73. The number of hydrogen-bond acceptors (Lipinski definition) is 4. The van der Waals surface area contributed by atoms with E-state index in [1.165, 1.54) is 0 Å². The summed E-state index contributed by atoms with van der Waals surface area (Å²) in [7, 11) is 0. The van der Waals surface area contributed by atoms with Crippen LogP contribution >= 0.6 is 0 Å². The first kappa shape index (κ1) is 12.0. The molecule has 1 atom stereocenters. The van der Waals surface area contributed by atoms with Crippen molar-refractivity contribution in [2.24, 2.45) is 5.73 Å². The van der Waals surface area contributed by atoms with Crippen molar-refractivity contribution in [1.29, 1.82) is 0 Å². The molecular formula is C12H17N3O2. The highest BCUT2D eigenvalue weighted by molar-refractivity contribution is 5.95. The first-order chi connectivity index (χ1) is 8.22. The van der Waals surface area contributed by atoms with Crippen LogP contribution in [0.1, 0.15) is 11.7 Å². The molecule has 1 amide bonds. The van der Waals surface area contributed by atoms with Crippen LogP contribution in [0.25, 0.3) is 0 Å². The number of nitrogens with one attached hydrogen (secondary N) is 1. The lowest BCUT2D eigenvalue weighted by Crippen LogP contribution is -2.48. The van der Waals surface area contributed by atoms with E-state index >= 15 is 0 Å². The predicted octanol–water partition coefficient (Wildman–Crippen LogP) is -0.385. The Morgan fingerprint density at radius 3 is 3.06 bits per heavy atom. The average molecular weight is 235 g/mol. The van der Waals surface area contributed by atoms with E-state index in [0.29, 0.717) is 13.1 Å². The van der Waals surface area contributed by atoms with Gasteiger partial charge in [0, 0.05) is 25.3 Å². The molecule has 1 heterocycles. The summed E-state index contributed by atoms with van der Waals surface area (Å²) in [4.78, 5) is 13.4. The van der Waals surface area contributed by atoms with Crippen molar-refractivity contribution in [3.8, 4) is 0 Å². The lowest BCUT2D eigenvalue weighted by atomic mass is 10.1. The van der Waals surface area contributed by atoms with Gasteiger partial charge >= 0.3 is 0 Å². The minimum absolute atomic E-state index is 0.0515. The number of piperazine rings is 1. The zero-order valence-electron chi connectivity index (χ0n) is 9.60. The molecule has 1 fully saturated rings. The highest BCUT2D eigenvalue weighted by Gasteiger charge is 2.19. The van der Waals surface area contributed by atoms with Gasteiger partial charge in [0.25, 0.3) is 0 Å². The lowest BCUT2D eigenvalue weighted by Gasteiger charge is -2.28. The Hall–Kier alpha value is -1.43. The summed E-state index contributed by atoms with van der Waals surface area (Å²) in [6.45, 7) is 1.99. The number of carbonyl (C=O) groups excluding carboxylic acids is 1. The third-order valence-corrected chi connectivity index (χ3v) is 2.88. The van der Waals surface area contributed by atoms with Gasteiger partial charge in [0.05, 0.1) is 12.6 Å². The van der Waals surface area contributed by atoms with Gasteiger partial charge in [0.1, 0.15) is 0 Å². The molecule has 1 aromatic carbocycles. The molecule has 1 unspecified atom stereocenters. The van der Waals surface area contributed by atoms with Gasteiger partial charge < -0.3 is 21.1 Å². The molecule has 0 aromatic heterocycles. The Labute approximate surface area is 100 Å². The zero-order chi connectivity index (χ0) is 12.3. The van der Waals surface area contributed by atoms with E-state index in [0.717, 1.165) is 17.8 Å². The van der Waals surface area contributed by atoms with Crippen molar-refractivity contribution in [1.82, 2.24) is 5.32 Å². The van der Waals surface area contributed by atoms with Crippen molar-refractivity contribution < 1.29 is 9.90 Å². The number of aliphatic hydroxyl groups excluding tert-OH is 1. The van der Waals surface area contributed by atoms with E-state index in [-0.39, 0.29) is 12.5 Å². The minimum Gasteiger partial charge on any atom is -0.387 e. The van der Waals surface area contributed by atoms with Gasteiger partial charge in [-0.3, -0.25) is 4.79 Å². The van der Waals surface area contributed by atoms with Crippen LogP contribution in [0.15, 0.2) is 24.3 Å². The Morgan fingerprint density at radius 1 is 1.53 bits per heavy atom. The molecule has 4 N–H and O–H groups in total. The number of amides is 1. The van der Waals surface area contributed by atoms with E-state index in [4.69, 9.17) is 5.73 Å². The summed E-state index contributed by atoms with van der Waals surface area (Å²) in [6.07, 6.45) is -0.673. The average Bonchev–Trinajstić information content (AvgIpc) is 2.38. The fourth-order valence-corrected chi connectivity index (χ4v) is 1.92. The zero-order valence-corrected chi connectivity index (χ0v) is 9.60. The maximum absolute atomic E-state index is 11.7. The molecule has 5 heteroatoms. The fraction of sp³-hybridized carbons (Fsp3) is 0.417. The molecule has 1 aliphatic rings. The van der Waals surface area contributed by atoms with Gasteiger partial charge in [0.15, 0.2) is 0 Å². The summed E-state index contributed by atoms with van der Waals surface area (Å²) in [6, 6.07) is 7.34. The van der Waals surface area contributed by atoms with Crippen LogP contribution in [0.3, 0.4) is 0 Å². The summed E-state index contributed by atoms with van der Waals surface area (Å²) in [5, 5.41) is 12.7. The number of carbonyl (C=O) groups is 1. The standard InChI is InChI=1S/C12H17N3O2/c13-7-11(16)9-2-1-3-10(6-9)15-5-4-14-8-12(15)17/h1-3,6,11,14,16H,4-5,7-8,13H2. The van der Waals surface area contributed by atoms with Crippen molar-refractivity contribution in [2.75, 3.05) is 31.1 Å². The number of anilines is 1. The number of nitrogens with two attached hydrogens (primary N) is 1. The van der Waals surface area contributed by atoms with E-state index < -0.39 is 6.10 Å². The number of aliphatic hydroxyl groups is 1. The minimum atomic E-state index is -0.673. The molecule has 1 saturated heterocycles. The van der Waals surface area contributed by atoms with Crippen molar-refractivity contribution >= 4 is 11.6 Å². The number of nitrogens with zero attached hydrogens (tertiary/aromatic N) is 1. The summed E-state index contributed by atoms with van der Waals surface area (Å²) < 4.78 is 0. The fourth-order valence-electron chi connectivity index (χ4n) is 1.92. The SMILES string of the molecule is NCC(O)c1cccc(N2CCNCC2=O)c1. The number of hydrogen-bond donors (Lipinski definition) is 3. The van der Waals surface area contributed by atoms with Crippen LogP contribution < -0.4 is 16.0 Å². The third-order valence-electron chi connectivity index (χ3n) is 2.88. The summed E-state index contributed by atoms with van der Waals surface area (Å²) >= 11 is 0. The Bertz CT molecular complexity index is 408. The molecule has 0 spiro atoms. The van der Waals surface area contributed by atoms with Gasteiger partial charge in [0.2, 0.25) is 5.91 Å². The summed E-state index contributed by atoms with van der Waals surface area (Å²) in [5.41, 5.74) is 6.99. The predicted molar refractivity (Wildman–Crippen MR) is 65.7 cm³/mol. The van der Waals surface area contributed by atoms with Gasteiger partial charge in [-0.2, -0.15) is 0 Å². The number of benzene rings is 1. The van der Waals surface area contributed by atoms with Crippen molar-refractivity contribution in [3.05, 3.63) is 29.8 Å². The molecule has 1 aliphatic heterocycles. The van der Waals surface area contributed by atoms with Crippen LogP contribution in [0.4, 0.5) is 5.69 Å². The van der Waals surface area contributed by atoms with Crippen LogP contribution in [0.5, 0.6) is 0 Å². The van der Waals surface area contributed by atoms with Crippen molar-refractivity contribution in [2.45, 2.75) is 6.10 Å². The maximum atomic E-state index is 11.7. The van der Waals surface area contributed by atoms with Gasteiger partial charge in [-0.05, 0) is 17.7 Å². The largest absolute Gasteiger partial charge is 0.387 e. The van der Waals surface area contributed by atoms with E-state index in [9.17, 15) is 9.90 Å². The lowest BCUT2D eigenvalue weighted by molar-refractivity contribution is -0.118. The molecule has 0 saturated carbocycles. The van der Waals surface area contributed by atoms with Crippen LogP contribution in [0.2, 0.25) is 0 Å². The quantitative estimate of drug-likeness (QED) is 0.667. The van der Waals surface area contributed by atoms with E-state index in [2.05, 4.69) is 5.32 Å². The first-order valence-electron chi connectivity index (χ1n) is 5.71. The normalized spacial score (nSPS) is 18.2.